The molecule has 0 aromatic rings. The molecule has 5 nitrogen and oxygen atoms in total. The van der Waals surface area contributed by atoms with Crippen LogP contribution in [-0.4, -0.2) is 56.3 Å². The Bertz CT molecular complexity index is 366. The van der Waals surface area contributed by atoms with Crippen LogP contribution in [0.15, 0.2) is 0 Å². The fourth-order valence-corrected chi connectivity index (χ4v) is 4.65. The second kappa shape index (κ2) is 5.86. The Labute approximate surface area is 111 Å². The molecule has 0 radical (unpaired) electrons. The van der Waals surface area contributed by atoms with E-state index in [0.29, 0.717) is 19.0 Å². The van der Waals surface area contributed by atoms with E-state index in [-0.39, 0.29) is 6.04 Å². The second-order valence-electron chi connectivity index (χ2n) is 5.61. The second-order valence-corrected chi connectivity index (χ2v) is 7.60. The molecule has 106 valence electrons. The van der Waals surface area contributed by atoms with Crippen molar-refractivity contribution in [2.45, 2.75) is 38.6 Å². The minimum atomic E-state index is -3.26. The fraction of sp³-hybridized carbons (Fsp3) is 1.00. The quantitative estimate of drug-likeness (QED) is 0.823. The summed E-state index contributed by atoms with van der Waals surface area (Å²) in [4.78, 5) is 0. The summed E-state index contributed by atoms with van der Waals surface area (Å²) < 4.78 is 28.4. The fourth-order valence-electron chi connectivity index (χ4n) is 2.90. The van der Waals surface area contributed by atoms with Gasteiger partial charge in [-0.25, -0.2) is 0 Å². The molecule has 0 aromatic heterocycles. The molecule has 1 N–H and O–H groups in total. The normalized spacial score (nSPS) is 28.7. The van der Waals surface area contributed by atoms with E-state index in [1.165, 1.54) is 0 Å². The third-order valence-electron chi connectivity index (χ3n) is 4.13. The van der Waals surface area contributed by atoms with Crippen LogP contribution in [0.5, 0.6) is 0 Å². The van der Waals surface area contributed by atoms with Gasteiger partial charge in [0.05, 0.1) is 0 Å². The molecule has 0 aliphatic carbocycles. The third kappa shape index (κ3) is 3.04. The average Bonchev–Trinajstić information content (AvgIpc) is 2.39. The first-order valence-electron chi connectivity index (χ1n) is 6.95. The van der Waals surface area contributed by atoms with E-state index in [0.717, 1.165) is 38.8 Å². The third-order valence-corrected chi connectivity index (χ3v) is 6.14. The van der Waals surface area contributed by atoms with Crippen LogP contribution in [0.2, 0.25) is 0 Å². The molecule has 2 aliphatic rings. The van der Waals surface area contributed by atoms with Gasteiger partial charge in [0.15, 0.2) is 0 Å². The molecule has 0 saturated carbocycles. The maximum Gasteiger partial charge on any atom is 0.281 e. The summed E-state index contributed by atoms with van der Waals surface area (Å²) in [7, 11) is -1.52. The van der Waals surface area contributed by atoms with Crippen LogP contribution in [0, 0.1) is 5.92 Å². The maximum atomic E-state index is 12.6. The number of rotatable bonds is 3. The lowest BCUT2D eigenvalue weighted by atomic mass is 10.0. The predicted octanol–water partition coefficient (Wildman–Crippen LogP) is 0.647. The Morgan fingerprint density at radius 3 is 2.50 bits per heavy atom. The number of nitrogens with zero attached hydrogens (tertiary/aromatic N) is 2. The van der Waals surface area contributed by atoms with Gasteiger partial charge in [-0.3, -0.25) is 0 Å². The zero-order valence-electron chi connectivity index (χ0n) is 11.4. The molecule has 2 saturated heterocycles. The van der Waals surface area contributed by atoms with E-state index >= 15 is 0 Å². The molecule has 2 rings (SSSR count). The Kier molecular flexibility index (Phi) is 4.64. The monoisotopic (exact) mass is 275 g/mol. The number of nitrogens with one attached hydrogen (secondary N) is 1. The molecule has 0 aromatic carbocycles. The zero-order chi connectivity index (χ0) is 13.2. The van der Waals surface area contributed by atoms with Gasteiger partial charge < -0.3 is 5.32 Å². The first-order valence-corrected chi connectivity index (χ1v) is 8.35. The summed E-state index contributed by atoms with van der Waals surface area (Å²) >= 11 is 0. The molecule has 18 heavy (non-hydrogen) atoms. The van der Waals surface area contributed by atoms with Crippen molar-refractivity contribution in [3.8, 4) is 0 Å². The number of hydrogen-bond acceptors (Lipinski definition) is 3. The first kappa shape index (κ1) is 14.2. The highest BCUT2D eigenvalue weighted by molar-refractivity contribution is 7.86. The standard InChI is InChI=1S/C12H25N3O2S/c1-11-4-3-9-15(10-11)18(16,17)14(2)12-5-7-13-8-6-12/h11-13H,3-10H2,1-2H3. The van der Waals surface area contributed by atoms with Gasteiger partial charge in [0, 0.05) is 26.2 Å². The lowest BCUT2D eigenvalue weighted by molar-refractivity contribution is 0.236. The smallest absolute Gasteiger partial charge is 0.281 e. The van der Waals surface area contributed by atoms with Gasteiger partial charge >= 0.3 is 0 Å². The van der Waals surface area contributed by atoms with Crippen molar-refractivity contribution in [3.63, 3.8) is 0 Å². The molecule has 0 amide bonds. The van der Waals surface area contributed by atoms with E-state index in [2.05, 4.69) is 12.2 Å². The van der Waals surface area contributed by atoms with Crippen LogP contribution in [0.3, 0.4) is 0 Å². The van der Waals surface area contributed by atoms with Crippen molar-refractivity contribution in [1.29, 1.82) is 0 Å². The lowest BCUT2D eigenvalue weighted by Crippen LogP contribution is -2.51. The van der Waals surface area contributed by atoms with Crippen molar-refractivity contribution < 1.29 is 8.42 Å². The van der Waals surface area contributed by atoms with Crippen LogP contribution in [0.1, 0.15) is 32.6 Å². The minimum absolute atomic E-state index is 0.161. The molecule has 0 bridgehead atoms. The Morgan fingerprint density at radius 2 is 1.89 bits per heavy atom. The van der Waals surface area contributed by atoms with Crippen molar-refractivity contribution in [3.05, 3.63) is 0 Å². The van der Waals surface area contributed by atoms with Gasteiger partial charge in [-0.15, -0.1) is 0 Å². The molecule has 0 spiro atoms. The topological polar surface area (TPSA) is 52.7 Å². The lowest BCUT2D eigenvalue weighted by Gasteiger charge is -2.37. The molecular weight excluding hydrogens is 250 g/mol. The van der Waals surface area contributed by atoms with Gasteiger partial charge in [-0.05, 0) is 44.7 Å². The molecule has 6 heteroatoms. The van der Waals surface area contributed by atoms with Crippen molar-refractivity contribution in [2.24, 2.45) is 5.92 Å². The van der Waals surface area contributed by atoms with Gasteiger partial charge in [0.1, 0.15) is 0 Å². The van der Waals surface area contributed by atoms with Crippen molar-refractivity contribution in [2.75, 3.05) is 33.2 Å². The van der Waals surface area contributed by atoms with Gasteiger partial charge in [-0.1, -0.05) is 6.92 Å². The van der Waals surface area contributed by atoms with Crippen LogP contribution in [0.25, 0.3) is 0 Å². The Morgan fingerprint density at radius 1 is 1.22 bits per heavy atom. The number of hydrogen-bond donors (Lipinski definition) is 1. The molecule has 2 heterocycles. The molecular formula is C12H25N3O2S. The molecule has 2 aliphatic heterocycles. The molecule has 1 unspecified atom stereocenters. The van der Waals surface area contributed by atoms with E-state index in [4.69, 9.17) is 0 Å². The minimum Gasteiger partial charge on any atom is -0.317 e. The highest BCUT2D eigenvalue weighted by Crippen LogP contribution is 2.22. The molecule has 2 fully saturated rings. The zero-order valence-corrected chi connectivity index (χ0v) is 12.2. The van der Waals surface area contributed by atoms with E-state index < -0.39 is 10.2 Å². The van der Waals surface area contributed by atoms with Crippen molar-refractivity contribution in [1.82, 2.24) is 13.9 Å². The summed E-state index contributed by atoms with van der Waals surface area (Å²) in [6.07, 6.45) is 3.96. The van der Waals surface area contributed by atoms with Gasteiger partial charge in [0.25, 0.3) is 10.2 Å². The summed E-state index contributed by atoms with van der Waals surface area (Å²) in [6, 6.07) is 0.161. The first-order chi connectivity index (χ1) is 8.51. The van der Waals surface area contributed by atoms with Crippen LogP contribution >= 0.6 is 0 Å². The average molecular weight is 275 g/mol. The van der Waals surface area contributed by atoms with E-state index in [1.54, 1.807) is 15.7 Å². The summed E-state index contributed by atoms with van der Waals surface area (Å²) in [6.45, 7) is 5.33. The summed E-state index contributed by atoms with van der Waals surface area (Å²) in [5.74, 6) is 0.481. The van der Waals surface area contributed by atoms with Crippen LogP contribution in [-0.2, 0) is 10.2 Å². The predicted molar refractivity (Wildman–Crippen MR) is 72.5 cm³/mol. The Hall–Kier alpha value is -0.170. The summed E-state index contributed by atoms with van der Waals surface area (Å²) in [5, 5.41) is 3.27. The van der Waals surface area contributed by atoms with Gasteiger partial charge in [0.2, 0.25) is 0 Å². The molecule has 1 atom stereocenters. The SMILES string of the molecule is CC1CCCN(S(=O)(=O)N(C)C2CCNCC2)C1. The number of piperidine rings is 2. The van der Waals surface area contributed by atoms with E-state index in [9.17, 15) is 8.42 Å². The Balaban J connectivity index is 2.04. The highest BCUT2D eigenvalue weighted by Gasteiger charge is 2.34. The van der Waals surface area contributed by atoms with E-state index in [1.807, 2.05) is 0 Å². The van der Waals surface area contributed by atoms with Gasteiger partial charge in [-0.2, -0.15) is 17.0 Å². The highest BCUT2D eigenvalue weighted by atomic mass is 32.2. The largest absolute Gasteiger partial charge is 0.317 e. The maximum absolute atomic E-state index is 12.6. The van der Waals surface area contributed by atoms with Crippen molar-refractivity contribution >= 4 is 10.2 Å². The summed E-state index contributed by atoms with van der Waals surface area (Å²) in [5.41, 5.74) is 0. The van der Waals surface area contributed by atoms with Crippen LogP contribution in [0.4, 0.5) is 0 Å². The van der Waals surface area contributed by atoms with Crippen LogP contribution < -0.4 is 5.32 Å².